The second-order valence-electron chi connectivity index (χ2n) is 16.5. The Morgan fingerprint density at radius 1 is 1.05 bits per heavy atom. The highest BCUT2D eigenvalue weighted by Gasteiger charge is 2.44. The highest BCUT2D eigenvalue weighted by atomic mass is 32.1. The van der Waals surface area contributed by atoms with E-state index in [9.17, 15) is 33.9 Å². The van der Waals surface area contributed by atoms with Gasteiger partial charge in [0.25, 0.3) is 5.91 Å². The number of aromatic nitrogens is 1. The average Bonchev–Trinajstić information content (AvgIpc) is 3.82. The molecule has 1 fully saturated rings. The molecule has 0 spiro atoms. The number of nitrogens with one attached hydrogen (secondary N) is 2. The molecule has 322 valence electrons. The summed E-state index contributed by atoms with van der Waals surface area (Å²) in [5.74, 6) is -3.04. The molecule has 1 aliphatic heterocycles. The minimum atomic E-state index is -0.989. The number of rotatable bonds is 23. The minimum absolute atomic E-state index is 0.0434. The number of nitrogens with two attached hydrogens (primary N) is 1. The molecular weight excluding hydrogens is 761 g/mol. The lowest BCUT2D eigenvalue weighted by Gasteiger charge is -2.38. The van der Waals surface area contributed by atoms with Crippen LogP contribution in [-0.2, 0) is 36.8 Å². The van der Waals surface area contributed by atoms with Gasteiger partial charge >= 0.3 is 12.1 Å². The Hall–Kier alpha value is -4.21. The maximum atomic E-state index is 14.4. The van der Waals surface area contributed by atoms with E-state index in [0.717, 1.165) is 48.3 Å². The van der Waals surface area contributed by atoms with E-state index in [1.54, 1.807) is 31.2 Å². The molecule has 15 heteroatoms. The van der Waals surface area contributed by atoms with Crippen molar-refractivity contribution in [2.45, 2.75) is 124 Å². The molecule has 1 aromatic carbocycles. The van der Waals surface area contributed by atoms with Crippen molar-refractivity contribution in [1.82, 2.24) is 25.4 Å². The first-order valence-corrected chi connectivity index (χ1v) is 21.5. The fourth-order valence-electron chi connectivity index (χ4n) is 7.62. The first kappa shape index (κ1) is 48.2. The minimum Gasteiger partial charge on any atom is -0.481 e. The van der Waals surface area contributed by atoms with Crippen molar-refractivity contribution >= 4 is 46.8 Å². The number of hydrogen-bond acceptors (Lipinski definition) is 11. The Morgan fingerprint density at radius 3 is 2.26 bits per heavy atom. The molecule has 3 rings (SSSR count). The molecule has 5 N–H and O–H groups in total. The van der Waals surface area contributed by atoms with E-state index in [0.29, 0.717) is 18.0 Å². The standard InChI is InChI=1S/C43H66N6O8S/c1-10-27(5)33(22-37(51)43(7)17-12-18-48(43)8)40(53)49(9)35(26(3)4)23-36(57-42(56)45-11-2)39-47-34(25-58-39)38(52)46-31(19-28(6)41(54)55)20-29-13-15-30(16-14-29)21-32(50)24-44/h13-16,25-28,31,33,35-36H,10-12,17-24,44H2,1-9H3,(H,45,56)(H,46,52)(H,54,55)/t27-,28-,31+,33-,35+,36+,43+/m0/s1. The number of carbonyl (C=O) groups is 6. The number of carbonyl (C=O) groups excluding carboxylic acids is 5. The molecular formula is C43H66N6O8S. The summed E-state index contributed by atoms with van der Waals surface area (Å²) in [6.07, 6.45) is 1.88. The molecule has 0 radical (unpaired) electrons. The summed E-state index contributed by atoms with van der Waals surface area (Å²) < 4.78 is 5.92. The summed E-state index contributed by atoms with van der Waals surface area (Å²) in [6, 6.07) is 6.35. The first-order chi connectivity index (χ1) is 27.3. The van der Waals surface area contributed by atoms with Gasteiger partial charge in [-0.3, -0.25) is 28.9 Å². The highest BCUT2D eigenvalue weighted by molar-refractivity contribution is 7.09. The molecule has 14 nitrogen and oxygen atoms in total. The van der Waals surface area contributed by atoms with E-state index in [1.165, 1.54) is 0 Å². The van der Waals surface area contributed by atoms with Gasteiger partial charge in [0.05, 0.1) is 18.0 Å². The Bertz CT molecular complexity index is 1720. The molecule has 3 amide bonds. The van der Waals surface area contributed by atoms with Crippen LogP contribution in [0.4, 0.5) is 4.79 Å². The van der Waals surface area contributed by atoms with E-state index >= 15 is 0 Å². The zero-order valence-electron chi connectivity index (χ0n) is 35.8. The molecule has 0 bridgehead atoms. The molecule has 7 atom stereocenters. The number of hydrogen-bond donors (Lipinski definition) is 4. The number of ketones is 2. The number of ether oxygens (including phenoxy) is 1. The average molecular weight is 827 g/mol. The van der Waals surface area contributed by atoms with Gasteiger partial charge in [0.1, 0.15) is 10.7 Å². The smallest absolute Gasteiger partial charge is 0.407 e. The van der Waals surface area contributed by atoms with Crippen LogP contribution in [0.15, 0.2) is 29.6 Å². The van der Waals surface area contributed by atoms with Crippen LogP contribution in [0.2, 0.25) is 0 Å². The third kappa shape index (κ3) is 13.2. The van der Waals surface area contributed by atoms with E-state index in [-0.39, 0.29) is 67.2 Å². The number of likely N-dealkylation sites (tertiary alicyclic amines) is 1. The highest BCUT2D eigenvalue weighted by Crippen LogP contribution is 2.35. The summed E-state index contributed by atoms with van der Waals surface area (Å²) in [4.78, 5) is 86.8. The molecule has 2 aromatic rings. The molecule has 58 heavy (non-hydrogen) atoms. The Morgan fingerprint density at radius 2 is 1.71 bits per heavy atom. The van der Waals surface area contributed by atoms with Gasteiger partial charge in [0, 0.05) is 56.2 Å². The van der Waals surface area contributed by atoms with Crippen molar-refractivity contribution in [2.75, 3.05) is 33.7 Å². The van der Waals surface area contributed by atoms with Crippen LogP contribution in [0.5, 0.6) is 0 Å². The van der Waals surface area contributed by atoms with Gasteiger partial charge in [-0.05, 0) is 76.1 Å². The summed E-state index contributed by atoms with van der Waals surface area (Å²) in [5.41, 5.74) is 6.59. The molecule has 0 saturated carbocycles. The zero-order valence-corrected chi connectivity index (χ0v) is 36.7. The van der Waals surface area contributed by atoms with Crippen molar-refractivity contribution in [3.63, 3.8) is 0 Å². The third-order valence-corrected chi connectivity index (χ3v) is 12.8. The fraction of sp³-hybridized carbons (Fsp3) is 0.651. The van der Waals surface area contributed by atoms with E-state index in [2.05, 4.69) is 20.5 Å². The molecule has 1 aromatic heterocycles. The van der Waals surface area contributed by atoms with E-state index < -0.39 is 53.5 Å². The lowest BCUT2D eigenvalue weighted by molar-refractivity contribution is -0.143. The molecule has 0 unspecified atom stereocenters. The van der Waals surface area contributed by atoms with Crippen LogP contribution in [-0.4, -0.2) is 107 Å². The normalized spacial score (nSPS) is 18.7. The van der Waals surface area contributed by atoms with Crippen molar-refractivity contribution in [3.05, 3.63) is 51.5 Å². The van der Waals surface area contributed by atoms with E-state index in [1.807, 2.05) is 65.9 Å². The second kappa shape index (κ2) is 22.2. The monoisotopic (exact) mass is 826 g/mol. The predicted molar refractivity (Wildman–Crippen MR) is 224 cm³/mol. The van der Waals surface area contributed by atoms with Crippen LogP contribution >= 0.6 is 11.3 Å². The number of benzene rings is 1. The van der Waals surface area contributed by atoms with Crippen molar-refractivity contribution in [1.29, 1.82) is 0 Å². The number of Topliss-reactive ketones (excluding diaryl/α,β-unsaturated/α-hetero) is 2. The van der Waals surface area contributed by atoms with Gasteiger partial charge in [0.2, 0.25) is 5.91 Å². The van der Waals surface area contributed by atoms with Gasteiger partial charge in [-0.2, -0.15) is 0 Å². The first-order valence-electron chi connectivity index (χ1n) is 20.6. The number of likely N-dealkylation sites (N-methyl/N-ethyl adjacent to an activating group) is 1. The van der Waals surface area contributed by atoms with E-state index in [4.69, 9.17) is 10.5 Å². The Labute approximate surface area is 348 Å². The van der Waals surface area contributed by atoms with Gasteiger partial charge in [0.15, 0.2) is 17.7 Å². The van der Waals surface area contributed by atoms with Crippen LogP contribution in [0.1, 0.15) is 120 Å². The molecule has 1 saturated heterocycles. The van der Waals surface area contributed by atoms with Crippen LogP contribution in [0.25, 0.3) is 0 Å². The number of aliphatic carboxylic acids is 1. The van der Waals surface area contributed by atoms with Crippen LogP contribution in [0.3, 0.4) is 0 Å². The number of nitrogens with zero attached hydrogens (tertiary/aromatic N) is 3. The number of alkyl carbamates (subject to hydrolysis) is 1. The van der Waals surface area contributed by atoms with Crippen molar-refractivity contribution in [2.24, 2.45) is 29.4 Å². The number of carboxylic acid groups (broad SMARTS) is 1. The lowest BCUT2D eigenvalue weighted by atomic mass is 9.80. The summed E-state index contributed by atoms with van der Waals surface area (Å²) in [7, 11) is 3.70. The lowest BCUT2D eigenvalue weighted by Crippen LogP contribution is -2.50. The summed E-state index contributed by atoms with van der Waals surface area (Å²) in [6.45, 7) is 14.4. The number of amides is 3. The Kier molecular flexibility index (Phi) is 18.5. The quantitative estimate of drug-likeness (QED) is 0.111. The predicted octanol–water partition coefficient (Wildman–Crippen LogP) is 5.43. The zero-order chi connectivity index (χ0) is 43.3. The molecule has 2 heterocycles. The van der Waals surface area contributed by atoms with Gasteiger partial charge in [-0.15, -0.1) is 11.3 Å². The third-order valence-electron chi connectivity index (χ3n) is 11.9. The van der Waals surface area contributed by atoms with Crippen LogP contribution in [0, 0.1) is 23.7 Å². The van der Waals surface area contributed by atoms with Gasteiger partial charge in [-0.1, -0.05) is 65.3 Å². The van der Waals surface area contributed by atoms with Crippen LogP contribution < -0.4 is 16.4 Å². The number of thiazole rings is 1. The van der Waals surface area contributed by atoms with Gasteiger partial charge < -0.3 is 31.1 Å². The summed E-state index contributed by atoms with van der Waals surface area (Å²) >= 11 is 1.15. The van der Waals surface area contributed by atoms with Crippen molar-refractivity contribution in [3.8, 4) is 0 Å². The topological polar surface area (TPSA) is 201 Å². The molecule has 1 aliphatic rings. The maximum absolute atomic E-state index is 14.4. The largest absolute Gasteiger partial charge is 0.481 e. The van der Waals surface area contributed by atoms with Crippen molar-refractivity contribution < 1.29 is 38.6 Å². The fourth-order valence-corrected chi connectivity index (χ4v) is 8.46. The molecule has 0 aliphatic carbocycles. The SMILES string of the molecule is CCNC(=O)O[C@H](C[C@H](C(C)C)N(C)C(=O)[C@@H](CC(=O)[C@@]1(C)CCCN1C)[C@@H](C)CC)c1nc(C(=O)N[C@@H](Cc2ccc(CC(=O)CN)cc2)C[C@H](C)C(=O)O)cs1. The second-order valence-corrected chi connectivity index (χ2v) is 17.4. The number of carboxylic acids is 1. The van der Waals surface area contributed by atoms with Gasteiger partial charge in [-0.25, -0.2) is 9.78 Å². The summed E-state index contributed by atoms with van der Waals surface area (Å²) in [5, 5.41) is 17.2. The Balaban J connectivity index is 1.87. The maximum Gasteiger partial charge on any atom is 0.407 e.